The van der Waals surface area contributed by atoms with Gasteiger partial charge in [0.25, 0.3) is 0 Å². The second kappa shape index (κ2) is 9.70. The fourth-order valence-electron chi connectivity index (χ4n) is 4.72. The van der Waals surface area contributed by atoms with E-state index in [1.54, 1.807) is 24.7 Å². The highest BCUT2D eigenvalue weighted by atomic mass is 19.1. The molecule has 172 valence electrons. The Kier molecular flexibility index (Phi) is 6.35. The number of aromatic nitrogens is 3. The zero-order valence-corrected chi connectivity index (χ0v) is 18.6. The molecule has 1 saturated heterocycles. The molecule has 0 unspecified atom stereocenters. The summed E-state index contributed by atoms with van der Waals surface area (Å²) in [4.78, 5) is 24.1. The van der Waals surface area contributed by atoms with Crippen LogP contribution in [-0.2, 0) is 11.3 Å². The Morgan fingerprint density at radius 3 is 2.58 bits per heavy atom. The molecule has 1 saturated carbocycles. The molecule has 0 radical (unpaired) electrons. The Morgan fingerprint density at radius 2 is 1.82 bits per heavy atom. The number of imidazole rings is 1. The maximum atomic E-state index is 13.6. The summed E-state index contributed by atoms with van der Waals surface area (Å²) in [6.45, 7) is 3.24. The van der Waals surface area contributed by atoms with Crippen LogP contribution < -0.4 is 10.6 Å². The second-order valence-electron chi connectivity index (χ2n) is 8.76. The van der Waals surface area contributed by atoms with Crippen molar-refractivity contribution in [3.05, 3.63) is 54.7 Å². The molecule has 2 fully saturated rings. The van der Waals surface area contributed by atoms with Gasteiger partial charge in [0.05, 0.1) is 17.7 Å². The molecule has 1 aliphatic heterocycles. The molecule has 5 rings (SSSR count). The third-order valence-corrected chi connectivity index (χ3v) is 6.47. The summed E-state index contributed by atoms with van der Waals surface area (Å²) in [6.07, 6.45) is 8.29. The summed E-state index contributed by atoms with van der Waals surface area (Å²) in [6, 6.07) is 10.7. The first-order valence-corrected chi connectivity index (χ1v) is 11.7. The molecule has 33 heavy (non-hydrogen) atoms. The Hall–Kier alpha value is -3.26. The van der Waals surface area contributed by atoms with Crippen LogP contribution in [0.5, 0.6) is 0 Å². The monoisotopic (exact) mass is 448 g/mol. The van der Waals surface area contributed by atoms with Crippen LogP contribution in [0.1, 0.15) is 25.7 Å². The highest BCUT2D eigenvalue weighted by Gasteiger charge is 2.22. The minimum Gasteiger partial charge on any atom is -0.367 e. The van der Waals surface area contributed by atoms with Gasteiger partial charge in [-0.2, -0.15) is 0 Å². The van der Waals surface area contributed by atoms with Crippen LogP contribution in [0.15, 0.2) is 48.9 Å². The van der Waals surface area contributed by atoms with Gasteiger partial charge in [0.15, 0.2) is 0 Å². The average molecular weight is 449 g/mol. The topological polar surface area (TPSA) is 75.1 Å². The van der Waals surface area contributed by atoms with Crippen molar-refractivity contribution >= 4 is 11.7 Å². The first kappa shape index (κ1) is 21.6. The normalized spacial score (nSPS) is 16.8. The van der Waals surface area contributed by atoms with E-state index in [4.69, 9.17) is 0 Å². The fraction of sp³-hybridized carbons (Fsp3) is 0.400. The van der Waals surface area contributed by atoms with E-state index in [-0.39, 0.29) is 18.3 Å². The lowest BCUT2D eigenvalue weighted by atomic mass is 10.1. The molecule has 8 heteroatoms. The van der Waals surface area contributed by atoms with Crippen molar-refractivity contribution in [3.63, 3.8) is 0 Å². The quantitative estimate of drug-likeness (QED) is 0.603. The average Bonchev–Trinajstić information content (AvgIpc) is 3.50. The fourth-order valence-corrected chi connectivity index (χ4v) is 4.72. The Balaban J connectivity index is 1.49. The van der Waals surface area contributed by atoms with Crippen LogP contribution in [0, 0.1) is 5.82 Å². The van der Waals surface area contributed by atoms with Crippen molar-refractivity contribution in [2.75, 3.05) is 31.5 Å². The number of piperazine rings is 1. The molecule has 1 aromatic carbocycles. The first-order valence-electron chi connectivity index (χ1n) is 11.7. The highest BCUT2D eigenvalue weighted by Crippen LogP contribution is 2.33. The summed E-state index contributed by atoms with van der Waals surface area (Å²) in [5.74, 6) is 0.602. The maximum absolute atomic E-state index is 13.6. The Labute approximate surface area is 193 Å². The molecule has 0 spiro atoms. The van der Waals surface area contributed by atoms with Gasteiger partial charge in [-0.1, -0.05) is 12.8 Å². The zero-order valence-electron chi connectivity index (χ0n) is 18.6. The van der Waals surface area contributed by atoms with E-state index in [9.17, 15) is 9.18 Å². The minimum absolute atomic E-state index is 0.0687. The molecular weight excluding hydrogens is 419 g/mol. The lowest BCUT2D eigenvalue weighted by molar-refractivity contribution is -0.132. The van der Waals surface area contributed by atoms with Gasteiger partial charge in [0, 0.05) is 49.5 Å². The van der Waals surface area contributed by atoms with Crippen molar-refractivity contribution in [2.24, 2.45) is 0 Å². The molecule has 3 aromatic rings. The Morgan fingerprint density at radius 1 is 1.06 bits per heavy atom. The van der Waals surface area contributed by atoms with Crippen molar-refractivity contribution in [1.82, 2.24) is 24.8 Å². The minimum atomic E-state index is -0.291. The number of pyridine rings is 1. The van der Waals surface area contributed by atoms with Crippen molar-refractivity contribution in [2.45, 2.75) is 38.3 Å². The van der Waals surface area contributed by atoms with E-state index < -0.39 is 0 Å². The van der Waals surface area contributed by atoms with Gasteiger partial charge >= 0.3 is 0 Å². The third kappa shape index (κ3) is 4.90. The summed E-state index contributed by atoms with van der Waals surface area (Å²) < 4.78 is 15.5. The van der Waals surface area contributed by atoms with Crippen LogP contribution in [0.3, 0.4) is 0 Å². The number of halogens is 1. The SMILES string of the molecule is O=C(Cn1cnc(-c2ccc(F)cc2)c1-c1ccnc(NC2CCCC2)c1)N1CCNCC1. The number of anilines is 1. The van der Waals surface area contributed by atoms with Gasteiger partial charge in [-0.25, -0.2) is 14.4 Å². The van der Waals surface area contributed by atoms with E-state index in [0.29, 0.717) is 19.1 Å². The number of hydrogen-bond acceptors (Lipinski definition) is 5. The zero-order chi connectivity index (χ0) is 22.6. The van der Waals surface area contributed by atoms with Gasteiger partial charge in [0.1, 0.15) is 18.2 Å². The molecule has 7 nitrogen and oxygen atoms in total. The van der Waals surface area contributed by atoms with Crippen molar-refractivity contribution in [1.29, 1.82) is 0 Å². The Bertz CT molecular complexity index is 1100. The lowest BCUT2D eigenvalue weighted by Gasteiger charge is -2.27. The molecule has 1 amide bonds. The van der Waals surface area contributed by atoms with Crippen LogP contribution in [-0.4, -0.2) is 57.6 Å². The molecule has 2 N–H and O–H groups in total. The largest absolute Gasteiger partial charge is 0.367 e. The first-order chi connectivity index (χ1) is 16.2. The molecule has 3 heterocycles. The second-order valence-corrected chi connectivity index (χ2v) is 8.76. The molecule has 0 bridgehead atoms. The lowest BCUT2D eigenvalue weighted by Crippen LogP contribution is -2.47. The standard InChI is InChI=1S/C25H29FN6O/c26-20-7-5-18(6-8-20)24-25(19-9-10-28-22(15-19)30-21-3-1-2-4-21)32(17-29-24)16-23(33)31-13-11-27-12-14-31/h5-10,15,17,21,27H,1-4,11-14,16H2,(H,28,30). The summed E-state index contributed by atoms with van der Waals surface area (Å²) in [7, 11) is 0. The van der Waals surface area contributed by atoms with Gasteiger partial charge in [-0.3, -0.25) is 4.79 Å². The van der Waals surface area contributed by atoms with E-state index >= 15 is 0 Å². The number of benzene rings is 1. The summed E-state index contributed by atoms with van der Waals surface area (Å²) in [5, 5.41) is 6.83. The van der Waals surface area contributed by atoms with Crippen molar-refractivity contribution < 1.29 is 9.18 Å². The van der Waals surface area contributed by atoms with Crippen LogP contribution >= 0.6 is 0 Å². The molecular formula is C25H29FN6O. The molecule has 2 aromatic heterocycles. The number of rotatable bonds is 6. The van der Waals surface area contributed by atoms with Gasteiger partial charge < -0.3 is 20.1 Å². The maximum Gasteiger partial charge on any atom is 0.242 e. The third-order valence-electron chi connectivity index (χ3n) is 6.47. The van der Waals surface area contributed by atoms with E-state index in [1.165, 1.54) is 25.0 Å². The number of nitrogens with one attached hydrogen (secondary N) is 2. The van der Waals surface area contributed by atoms with Crippen LogP contribution in [0.25, 0.3) is 22.5 Å². The van der Waals surface area contributed by atoms with Gasteiger partial charge in [-0.15, -0.1) is 0 Å². The van der Waals surface area contributed by atoms with E-state index in [2.05, 4.69) is 20.6 Å². The van der Waals surface area contributed by atoms with E-state index in [1.807, 2.05) is 21.6 Å². The van der Waals surface area contributed by atoms with Crippen LogP contribution in [0.2, 0.25) is 0 Å². The smallest absolute Gasteiger partial charge is 0.242 e. The molecule has 1 aliphatic carbocycles. The van der Waals surface area contributed by atoms with Crippen molar-refractivity contribution in [3.8, 4) is 22.5 Å². The number of hydrogen-bond donors (Lipinski definition) is 2. The molecule has 0 atom stereocenters. The summed E-state index contributed by atoms with van der Waals surface area (Å²) in [5.41, 5.74) is 3.29. The van der Waals surface area contributed by atoms with Gasteiger partial charge in [0.2, 0.25) is 5.91 Å². The predicted octanol–water partition coefficient (Wildman–Crippen LogP) is 3.54. The summed E-state index contributed by atoms with van der Waals surface area (Å²) >= 11 is 0. The van der Waals surface area contributed by atoms with Gasteiger partial charge in [-0.05, 0) is 49.2 Å². The predicted molar refractivity (Wildman–Crippen MR) is 126 cm³/mol. The van der Waals surface area contributed by atoms with Crippen LogP contribution in [0.4, 0.5) is 10.2 Å². The number of amides is 1. The van der Waals surface area contributed by atoms with E-state index in [0.717, 1.165) is 54.3 Å². The number of carbonyl (C=O) groups is 1. The number of carbonyl (C=O) groups excluding carboxylic acids is 1. The highest BCUT2D eigenvalue weighted by molar-refractivity contribution is 5.82. The number of nitrogens with zero attached hydrogens (tertiary/aromatic N) is 4. The molecule has 2 aliphatic rings.